The second kappa shape index (κ2) is 29.8. The fraction of sp³-hybridized carbons (Fsp3) is 0.391. The average Bonchev–Trinajstić information content (AvgIpc) is 2.81. The van der Waals surface area contributed by atoms with E-state index in [-0.39, 0.29) is 130 Å². The Kier molecular flexibility index (Phi) is 37.6. The number of nitrogens with one attached hydrogen (secondary N) is 1. The molecule has 0 aromatic heterocycles. The van der Waals surface area contributed by atoms with Crippen LogP contribution in [0.15, 0.2) is 48.5 Å². The zero-order chi connectivity index (χ0) is 22.6. The van der Waals surface area contributed by atoms with Gasteiger partial charge in [0.05, 0.1) is 0 Å². The average molecular weight is 642 g/mol. The van der Waals surface area contributed by atoms with Crippen LogP contribution in [0.2, 0.25) is 0 Å². The number of phenols is 1. The van der Waals surface area contributed by atoms with Gasteiger partial charge in [0, 0.05) is 16.2 Å². The molecule has 1 heterocycles. The van der Waals surface area contributed by atoms with Crippen molar-refractivity contribution in [3.8, 4) is 5.75 Å². The third-order valence-electron chi connectivity index (χ3n) is 3.85. The molecule has 176 valence electrons. The summed E-state index contributed by atoms with van der Waals surface area (Å²) < 4.78 is 0. The van der Waals surface area contributed by atoms with Gasteiger partial charge in [0.1, 0.15) is 5.75 Å². The van der Waals surface area contributed by atoms with Crippen LogP contribution in [0, 0.1) is 0 Å². The summed E-state index contributed by atoms with van der Waals surface area (Å²) in [5.74, 6) is 0.199. The van der Waals surface area contributed by atoms with E-state index in [1.165, 1.54) is 62.5 Å². The Morgan fingerprint density at radius 2 is 1.39 bits per heavy atom. The molecule has 0 radical (unpaired) electrons. The second-order valence-electron chi connectivity index (χ2n) is 6.19. The Morgan fingerprint density at radius 3 is 1.61 bits per heavy atom. The van der Waals surface area contributed by atoms with Gasteiger partial charge in [0.15, 0.2) is 5.78 Å². The fourth-order valence-corrected chi connectivity index (χ4v) is 2.96. The van der Waals surface area contributed by atoms with Crippen LogP contribution in [-0.2, 0) is 20.3 Å². The number of hydrogen-bond donors (Lipinski definition) is 2. The summed E-state index contributed by atoms with van der Waals surface area (Å²) in [5.41, 5.74) is 3.27. The summed E-state index contributed by atoms with van der Waals surface area (Å²) in [5, 5.41) is 22.4. The predicted octanol–water partition coefficient (Wildman–Crippen LogP) is -0.978. The van der Waals surface area contributed by atoms with E-state index >= 15 is 0 Å². The number of ketones is 1. The molecule has 1 aliphatic heterocycles. The van der Waals surface area contributed by atoms with Crippen molar-refractivity contribution in [2.45, 2.75) is 44.3 Å². The van der Waals surface area contributed by atoms with Crippen molar-refractivity contribution in [3.05, 3.63) is 65.2 Å². The van der Waals surface area contributed by atoms with Crippen LogP contribution >= 0.6 is 31.9 Å². The van der Waals surface area contributed by atoms with Crippen molar-refractivity contribution >= 4 is 44.1 Å². The van der Waals surface area contributed by atoms with Crippen LogP contribution in [0.3, 0.4) is 0 Å². The molecule has 0 aliphatic carbocycles. The molecule has 2 N–H and O–H groups in total. The van der Waals surface area contributed by atoms with E-state index in [1.54, 1.807) is 12.1 Å². The first-order valence-corrected chi connectivity index (χ1v) is 11.7. The summed E-state index contributed by atoms with van der Waals surface area (Å²) in [6.07, 6.45) is 4.22. The minimum absolute atomic E-state index is 0. The number of aromatic hydroxyl groups is 1. The van der Waals surface area contributed by atoms with Gasteiger partial charge in [0.2, 0.25) is 0 Å². The molecule has 0 unspecified atom stereocenters. The van der Waals surface area contributed by atoms with E-state index in [1.807, 2.05) is 0 Å². The Bertz CT molecular complexity index is 673. The van der Waals surface area contributed by atoms with Gasteiger partial charge in [-0.3, -0.25) is 9.59 Å². The summed E-state index contributed by atoms with van der Waals surface area (Å²) in [4.78, 5) is 21.9. The topological polar surface area (TPSA) is 98.7 Å². The summed E-state index contributed by atoms with van der Waals surface area (Å²) in [7, 11) is 0. The Hall–Kier alpha value is 1.53. The van der Waals surface area contributed by atoms with Gasteiger partial charge in [-0.05, 0) is 68.2 Å². The van der Waals surface area contributed by atoms with Gasteiger partial charge in [-0.15, -0.1) is 0 Å². The number of rotatable bonds is 4. The molecule has 1 aliphatic rings. The zero-order valence-corrected chi connectivity index (χ0v) is 28.4. The molecule has 1 fully saturated rings. The number of Topliss-reactive ketones (excluding diaryl/α,β-unsaturated/α-hetero) is 1. The molecular weight excluding hydrogens is 608 g/mol. The molecular formula is C23H33Br2K2NO5. The summed E-state index contributed by atoms with van der Waals surface area (Å²) in [6.45, 7) is 3.81. The molecule has 1 saturated heterocycles. The molecule has 2 aromatic rings. The smallest absolute Gasteiger partial charge is 1.00 e. The minimum atomic E-state index is -0.181. The number of piperidine rings is 1. The van der Waals surface area contributed by atoms with Crippen LogP contribution < -0.4 is 113 Å². The van der Waals surface area contributed by atoms with E-state index in [0.717, 1.165) is 10.7 Å². The van der Waals surface area contributed by atoms with Crippen molar-refractivity contribution in [3.63, 3.8) is 0 Å². The quantitative estimate of drug-likeness (QED) is 0.111. The van der Waals surface area contributed by atoms with Crippen LogP contribution in [0.4, 0.5) is 0 Å². The maximum absolute atomic E-state index is 10.7. The van der Waals surface area contributed by atoms with Gasteiger partial charge in [-0.25, -0.2) is 0 Å². The number of halogens is 2. The van der Waals surface area contributed by atoms with Crippen molar-refractivity contribution in [1.29, 1.82) is 0 Å². The van der Waals surface area contributed by atoms with E-state index in [9.17, 15) is 4.79 Å². The van der Waals surface area contributed by atoms with Gasteiger partial charge in [0.25, 0.3) is 6.47 Å². The third-order valence-corrected chi connectivity index (χ3v) is 5.15. The van der Waals surface area contributed by atoms with Crippen LogP contribution in [0.25, 0.3) is 0 Å². The maximum Gasteiger partial charge on any atom is 1.00 e. The third kappa shape index (κ3) is 25.0. The molecule has 0 atom stereocenters. The van der Waals surface area contributed by atoms with Gasteiger partial charge in [-0.2, -0.15) is 0 Å². The van der Waals surface area contributed by atoms with E-state index in [2.05, 4.69) is 66.3 Å². The fourth-order valence-electron chi connectivity index (χ4n) is 2.22. The number of carbonyl (C=O) groups is 2. The Balaban J connectivity index is -0.000000111. The van der Waals surface area contributed by atoms with Gasteiger partial charge in [-0.1, -0.05) is 70.0 Å². The first-order chi connectivity index (χ1) is 14.5. The van der Waals surface area contributed by atoms with Crippen LogP contribution in [0.5, 0.6) is 5.75 Å². The molecule has 0 amide bonds. The summed E-state index contributed by atoms with van der Waals surface area (Å²) in [6, 6.07) is 14.7. The number of carbonyl (C=O) groups excluding carboxylic acids is 2. The van der Waals surface area contributed by atoms with Gasteiger partial charge >= 0.3 is 103 Å². The number of alkyl halides is 2. The Labute approximate surface area is 301 Å². The molecule has 2 aromatic carbocycles. The first-order valence-electron chi connectivity index (χ1n) is 9.41. The van der Waals surface area contributed by atoms with Crippen LogP contribution in [0.1, 0.15) is 56.5 Å². The maximum atomic E-state index is 10.7. The number of phenolic OH excluding ortho intramolecular Hbond substituents is 1. The summed E-state index contributed by atoms with van der Waals surface area (Å²) >= 11 is 6.78. The normalized spacial score (nSPS) is 10.8. The minimum Gasteiger partial charge on any atom is -1.00 e. The molecule has 6 nitrogen and oxygen atoms in total. The van der Waals surface area contributed by atoms with E-state index in [4.69, 9.17) is 15.2 Å². The Morgan fingerprint density at radius 1 is 1.00 bits per heavy atom. The SMILES string of the molecule is BrCc1ccc(CBr)cc1.C.C1CCNCC1.CC(=O)c1ccc(O)cc1.O=CO[O-].[H-].[K+].[K+]. The van der Waals surface area contributed by atoms with Crippen molar-refractivity contribution in [2.24, 2.45) is 0 Å². The molecule has 3 rings (SSSR count). The van der Waals surface area contributed by atoms with Crippen molar-refractivity contribution < 1.29 is 129 Å². The zero-order valence-electron chi connectivity index (χ0n) is 20.0. The number of benzene rings is 2. The molecule has 0 bridgehead atoms. The first kappa shape index (κ1) is 41.7. The monoisotopic (exact) mass is 639 g/mol. The number of hydrogen-bond acceptors (Lipinski definition) is 6. The van der Waals surface area contributed by atoms with E-state index in [0.29, 0.717) is 5.56 Å². The molecule has 0 spiro atoms. The van der Waals surface area contributed by atoms with Crippen LogP contribution in [-0.4, -0.2) is 30.5 Å². The largest absolute Gasteiger partial charge is 1.00 e. The van der Waals surface area contributed by atoms with Crippen molar-refractivity contribution in [2.75, 3.05) is 13.1 Å². The second-order valence-corrected chi connectivity index (χ2v) is 7.31. The predicted molar refractivity (Wildman–Crippen MR) is 132 cm³/mol. The molecule has 10 heteroatoms. The van der Waals surface area contributed by atoms with Gasteiger partial charge < -0.3 is 22.0 Å². The molecule has 33 heavy (non-hydrogen) atoms. The van der Waals surface area contributed by atoms with E-state index < -0.39 is 0 Å². The molecule has 0 saturated carbocycles. The standard InChI is InChI=1S/C8H8Br2.C8H8O2.C5H11N.CH2O3.CH4.2K.H/c9-5-7-1-2-8(6-10)4-3-7;1-6(9)7-2-4-8(10)5-3-7;1-2-4-6-5-3-1;2-1-4-3;;;;/h1-4H,5-6H2;2-5,10H,1H3;6H,1-5H2;1,3H;1H4;;;/q;;;;;2*+1;-1/p-1. The van der Waals surface area contributed by atoms with Crippen molar-refractivity contribution in [1.82, 2.24) is 5.32 Å².